The normalized spacial score (nSPS) is 10.8. The Morgan fingerprint density at radius 3 is 2.06 bits per heavy atom. The van der Waals surface area contributed by atoms with Crippen molar-refractivity contribution in [3.05, 3.63) is 0 Å². The Labute approximate surface area is 101 Å². The first-order chi connectivity index (χ1) is 7.69. The van der Waals surface area contributed by atoms with Crippen molar-refractivity contribution < 1.29 is 4.79 Å². The summed E-state index contributed by atoms with van der Waals surface area (Å²) in [5.41, 5.74) is 0. The highest BCUT2D eigenvalue weighted by atomic mass is 16.2. The van der Waals surface area contributed by atoms with Crippen molar-refractivity contribution in [2.24, 2.45) is 0 Å². The van der Waals surface area contributed by atoms with Crippen molar-refractivity contribution in [2.75, 3.05) is 32.7 Å². The summed E-state index contributed by atoms with van der Waals surface area (Å²) in [6, 6.07) is 0. The summed E-state index contributed by atoms with van der Waals surface area (Å²) in [5.74, 6) is 0.272. The van der Waals surface area contributed by atoms with E-state index in [0.29, 0.717) is 6.42 Å². The molecule has 16 heavy (non-hydrogen) atoms. The zero-order valence-corrected chi connectivity index (χ0v) is 11.5. The second-order valence-corrected chi connectivity index (χ2v) is 4.11. The number of hydrogen-bond acceptors (Lipinski definition) is 2. The van der Waals surface area contributed by atoms with E-state index in [9.17, 15) is 4.79 Å². The van der Waals surface area contributed by atoms with Crippen molar-refractivity contribution >= 4 is 5.91 Å². The maximum Gasteiger partial charge on any atom is 0.222 e. The lowest BCUT2D eigenvalue weighted by atomic mass is 10.3. The molecule has 0 heterocycles. The van der Waals surface area contributed by atoms with Gasteiger partial charge in [-0.05, 0) is 26.4 Å². The highest BCUT2D eigenvalue weighted by Gasteiger charge is 2.10. The minimum atomic E-state index is 0.272. The highest BCUT2D eigenvalue weighted by Crippen LogP contribution is 1.98. The Balaban J connectivity index is 3.92. The van der Waals surface area contributed by atoms with Crippen LogP contribution < -0.4 is 0 Å². The first-order valence-corrected chi connectivity index (χ1v) is 6.69. The van der Waals surface area contributed by atoms with Gasteiger partial charge in [0.1, 0.15) is 0 Å². The lowest BCUT2D eigenvalue weighted by molar-refractivity contribution is -0.130. The zero-order chi connectivity index (χ0) is 12.4. The highest BCUT2D eigenvalue weighted by molar-refractivity contribution is 5.75. The Morgan fingerprint density at radius 2 is 1.62 bits per heavy atom. The number of carbonyl (C=O) groups is 1. The van der Waals surface area contributed by atoms with Crippen LogP contribution in [0.15, 0.2) is 0 Å². The molecule has 0 aliphatic rings. The Hall–Kier alpha value is -0.570. The predicted molar refractivity (Wildman–Crippen MR) is 69.6 cm³/mol. The quantitative estimate of drug-likeness (QED) is 0.605. The fourth-order valence-electron chi connectivity index (χ4n) is 1.75. The third-order valence-corrected chi connectivity index (χ3v) is 3.00. The van der Waals surface area contributed by atoms with Crippen LogP contribution in [0.3, 0.4) is 0 Å². The molecule has 0 aromatic heterocycles. The number of nitrogens with zero attached hydrogens (tertiary/aromatic N) is 2. The van der Waals surface area contributed by atoms with Crippen molar-refractivity contribution in [3.63, 3.8) is 0 Å². The Morgan fingerprint density at radius 1 is 0.938 bits per heavy atom. The minimum absolute atomic E-state index is 0.272. The molecular formula is C13H28N2O. The topological polar surface area (TPSA) is 23.6 Å². The van der Waals surface area contributed by atoms with Crippen LogP contribution in [0.2, 0.25) is 0 Å². The van der Waals surface area contributed by atoms with Crippen molar-refractivity contribution in [1.29, 1.82) is 0 Å². The molecule has 0 atom stereocenters. The van der Waals surface area contributed by atoms with E-state index >= 15 is 0 Å². The number of amides is 1. The van der Waals surface area contributed by atoms with Gasteiger partial charge in [-0.2, -0.15) is 0 Å². The summed E-state index contributed by atoms with van der Waals surface area (Å²) in [6.07, 6.45) is 3.11. The van der Waals surface area contributed by atoms with E-state index in [0.717, 1.165) is 32.7 Å². The molecule has 0 radical (unpaired) electrons. The molecule has 0 aliphatic carbocycles. The molecule has 3 nitrogen and oxygen atoms in total. The zero-order valence-electron chi connectivity index (χ0n) is 11.5. The number of hydrogen-bond donors (Lipinski definition) is 0. The van der Waals surface area contributed by atoms with Crippen molar-refractivity contribution in [2.45, 2.75) is 47.0 Å². The monoisotopic (exact) mass is 228 g/mol. The Bertz CT molecular complexity index is 183. The van der Waals surface area contributed by atoms with Crippen molar-refractivity contribution in [3.8, 4) is 0 Å². The first kappa shape index (κ1) is 15.4. The molecule has 96 valence electrons. The molecule has 0 spiro atoms. The van der Waals surface area contributed by atoms with Gasteiger partial charge in [0.2, 0.25) is 5.91 Å². The molecule has 0 saturated carbocycles. The number of likely N-dealkylation sites (N-methyl/N-ethyl adjacent to an activating group) is 2. The predicted octanol–water partition coefficient (Wildman–Crippen LogP) is 2.37. The van der Waals surface area contributed by atoms with Gasteiger partial charge < -0.3 is 9.80 Å². The molecule has 1 amide bonds. The van der Waals surface area contributed by atoms with Gasteiger partial charge in [-0.3, -0.25) is 4.79 Å². The van der Waals surface area contributed by atoms with E-state index in [-0.39, 0.29) is 5.91 Å². The maximum atomic E-state index is 11.6. The van der Waals surface area contributed by atoms with Gasteiger partial charge in [-0.25, -0.2) is 0 Å². The molecule has 0 saturated heterocycles. The van der Waals surface area contributed by atoms with Gasteiger partial charge in [-0.1, -0.05) is 27.2 Å². The first-order valence-electron chi connectivity index (χ1n) is 6.69. The average Bonchev–Trinajstić information content (AvgIpc) is 2.33. The van der Waals surface area contributed by atoms with Crippen molar-refractivity contribution in [1.82, 2.24) is 9.80 Å². The summed E-state index contributed by atoms with van der Waals surface area (Å²) in [5, 5.41) is 0. The van der Waals surface area contributed by atoms with Gasteiger partial charge in [0, 0.05) is 26.1 Å². The van der Waals surface area contributed by atoms with Crippen LogP contribution in [-0.4, -0.2) is 48.4 Å². The molecule has 0 N–H and O–H groups in total. The second-order valence-electron chi connectivity index (χ2n) is 4.11. The fourth-order valence-corrected chi connectivity index (χ4v) is 1.75. The molecule has 0 unspecified atom stereocenters. The van der Waals surface area contributed by atoms with Gasteiger partial charge >= 0.3 is 0 Å². The van der Waals surface area contributed by atoms with Crippen LogP contribution in [0.25, 0.3) is 0 Å². The largest absolute Gasteiger partial charge is 0.342 e. The van der Waals surface area contributed by atoms with Crippen LogP contribution in [0.5, 0.6) is 0 Å². The van der Waals surface area contributed by atoms with E-state index in [1.807, 2.05) is 11.8 Å². The molecule has 3 heteroatoms. The number of carbonyl (C=O) groups excluding carboxylic acids is 1. The third-order valence-electron chi connectivity index (χ3n) is 3.00. The van der Waals surface area contributed by atoms with Gasteiger partial charge in [-0.15, -0.1) is 0 Å². The number of unbranched alkanes of at least 4 members (excludes halogenated alkanes) is 1. The van der Waals surface area contributed by atoms with E-state index in [1.165, 1.54) is 12.8 Å². The second kappa shape index (κ2) is 9.64. The van der Waals surface area contributed by atoms with E-state index in [4.69, 9.17) is 0 Å². The summed E-state index contributed by atoms with van der Waals surface area (Å²) in [7, 11) is 0. The molecule has 0 aromatic carbocycles. The molecule has 0 aliphatic heterocycles. The van der Waals surface area contributed by atoms with Gasteiger partial charge in [0.25, 0.3) is 0 Å². The standard InChI is InChI=1S/C13H28N2O/c1-5-9-10-14(7-3)11-12-15(8-4)13(16)6-2/h5-12H2,1-4H3. The van der Waals surface area contributed by atoms with Crippen LogP contribution in [0, 0.1) is 0 Å². The minimum Gasteiger partial charge on any atom is -0.342 e. The van der Waals surface area contributed by atoms with Gasteiger partial charge in [0.05, 0.1) is 0 Å². The third kappa shape index (κ3) is 6.11. The van der Waals surface area contributed by atoms with E-state index in [1.54, 1.807) is 0 Å². The maximum absolute atomic E-state index is 11.6. The smallest absolute Gasteiger partial charge is 0.222 e. The van der Waals surface area contributed by atoms with Crippen LogP contribution >= 0.6 is 0 Å². The molecule has 0 aromatic rings. The number of rotatable bonds is 9. The fraction of sp³-hybridized carbons (Fsp3) is 0.923. The summed E-state index contributed by atoms with van der Waals surface area (Å²) in [4.78, 5) is 15.9. The summed E-state index contributed by atoms with van der Waals surface area (Å²) in [6.45, 7) is 13.3. The van der Waals surface area contributed by atoms with Gasteiger partial charge in [0.15, 0.2) is 0 Å². The van der Waals surface area contributed by atoms with Crippen LogP contribution in [0.4, 0.5) is 0 Å². The summed E-state index contributed by atoms with van der Waals surface area (Å²) < 4.78 is 0. The average molecular weight is 228 g/mol. The van der Waals surface area contributed by atoms with Crippen LogP contribution in [0.1, 0.15) is 47.0 Å². The van der Waals surface area contributed by atoms with E-state index < -0.39 is 0 Å². The molecule has 0 fully saturated rings. The van der Waals surface area contributed by atoms with E-state index in [2.05, 4.69) is 25.7 Å². The van der Waals surface area contributed by atoms with Crippen LogP contribution in [-0.2, 0) is 4.79 Å². The Kier molecular flexibility index (Phi) is 9.30. The molecule has 0 rings (SSSR count). The summed E-state index contributed by atoms with van der Waals surface area (Å²) >= 11 is 0. The lowest BCUT2D eigenvalue weighted by Gasteiger charge is -2.26. The SMILES string of the molecule is CCCCN(CC)CCN(CC)C(=O)CC. The lowest BCUT2D eigenvalue weighted by Crippen LogP contribution is -2.38. The molecular weight excluding hydrogens is 200 g/mol. The molecule has 0 bridgehead atoms.